The molecule has 0 radical (unpaired) electrons. The SMILES string of the molecule is COC(=O)CCc1cc(Cl)ccc1C(O)CCCNC(C)=O. The van der Waals surface area contributed by atoms with Crippen LogP contribution in [0.4, 0.5) is 0 Å². The summed E-state index contributed by atoms with van der Waals surface area (Å²) in [6.07, 6.45) is 1.24. The number of amides is 1. The van der Waals surface area contributed by atoms with E-state index in [4.69, 9.17) is 11.6 Å². The molecule has 1 rings (SSSR count). The highest BCUT2D eigenvalue weighted by Crippen LogP contribution is 2.26. The minimum absolute atomic E-state index is 0.0836. The smallest absolute Gasteiger partial charge is 0.305 e. The van der Waals surface area contributed by atoms with E-state index in [1.165, 1.54) is 14.0 Å². The summed E-state index contributed by atoms with van der Waals surface area (Å²) in [7, 11) is 1.35. The van der Waals surface area contributed by atoms with E-state index in [0.29, 0.717) is 30.8 Å². The number of esters is 1. The van der Waals surface area contributed by atoms with Gasteiger partial charge in [-0.1, -0.05) is 17.7 Å². The molecule has 0 aromatic heterocycles. The lowest BCUT2D eigenvalue weighted by Crippen LogP contribution is -2.21. The van der Waals surface area contributed by atoms with Crippen LogP contribution in [0.2, 0.25) is 5.02 Å². The lowest BCUT2D eigenvalue weighted by molar-refractivity contribution is -0.140. The summed E-state index contributed by atoms with van der Waals surface area (Å²) in [5.74, 6) is -0.383. The number of aliphatic hydroxyl groups is 1. The van der Waals surface area contributed by atoms with E-state index >= 15 is 0 Å². The van der Waals surface area contributed by atoms with Gasteiger partial charge < -0.3 is 15.2 Å². The van der Waals surface area contributed by atoms with Gasteiger partial charge in [0.15, 0.2) is 0 Å². The standard InChI is InChI=1S/C16H22ClNO4/c1-11(19)18-9-3-4-15(20)14-7-6-13(17)10-12(14)5-8-16(21)22-2/h6-7,10,15,20H,3-5,8-9H2,1-2H3,(H,18,19). The summed E-state index contributed by atoms with van der Waals surface area (Å²) in [5.41, 5.74) is 1.60. The average Bonchev–Trinajstić information content (AvgIpc) is 2.48. The zero-order valence-corrected chi connectivity index (χ0v) is 13.7. The number of carbonyl (C=O) groups is 2. The van der Waals surface area contributed by atoms with Gasteiger partial charge in [0.1, 0.15) is 0 Å². The monoisotopic (exact) mass is 327 g/mol. The van der Waals surface area contributed by atoms with Crippen molar-refractivity contribution in [3.8, 4) is 0 Å². The van der Waals surface area contributed by atoms with E-state index in [1.807, 2.05) is 0 Å². The molecule has 0 aliphatic rings. The maximum absolute atomic E-state index is 11.3. The molecule has 1 aromatic rings. The fourth-order valence-corrected chi connectivity index (χ4v) is 2.36. The molecular weight excluding hydrogens is 306 g/mol. The fraction of sp³-hybridized carbons (Fsp3) is 0.500. The molecule has 0 bridgehead atoms. The van der Waals surface area contributed by atoms with E-state index in [2.05, 4.69) is 10.1 Å². The van der Waals surface area contributed by atoms with Crippen LogP contribution >= 0.6 is 11.6 Å². The second kappa shape index (κ2) is 9.43. The maximum atomic E-state index is 11.3. The molecule has 0 heterocycles. The van der Waals surface area contributed by atoms with Crippen molar-refractivity contribution in [2.75, 3.05) is 13.7 Å². The topological polar surface area (TPSA) is 75.6 Å². The Hall–Kier alpha value is -1.59. The summed E-state index contributed by atoms with van der Waals surface area (Å²) < 4.78 is 4.63. The van der Waals surface area contributed by atoms with Crippen LogP contribution in [0, 0.1) is 0 Å². The van der Waals surface area contributed by atoms with E-state index in [-0.39, 0.29) is 18.3 Å². The van der Waals surface area contributed by atoms with Crippen LogP contribution in [0.15, 0.2) is 18.2 Å². The van der Waals surface area contributed by atoms with E-state index in [1.54, 1.807) is 18.2 Å². The minimum Gasteiger partial charge on any atom is -0.469 e. The van der Waals surface area contributed by atoms with Gasteiger partial charge in [-0.25, -0.2) is 0 Å². The Bertz CT molecular complexity index is 519. The molecule has 5 nitrogen and oxygen atoms in total. The molecule has 0 saturated heterocycles. The van der Waals surface area contributed by atoms with Crippen molar-refractivity contribution in [1.29, 1.82) is 0 Å². The molecular formula is C16H22ClNO4. The molecule has 0 saturated carbocycles. The van der Waals surface area contributed by atoms with Crippen LogP contribution in [-0.2, 0) is 20.7 Å². The number of hydrogen-bond donors (Lipinski definition) is 2. The number of aliphatic hydroxyl groups excluding tert-OH is 1. The molecule has 1 atom stereocenters. The first-order valence-electron chi connectivity index (χ1n) is 7.21. The Morgan fingerprint density at radius 2 is 2.14 bits per heavy atom. The van der Waals surface area contributed by atoms with Gasteiger partial charge >= 0.3 is 5.97 Å². The van der Waals surface area contributed by atoms with Gasteiger partial charge in [-0.05, 0) is 42.5 Å². The van der Waals surface area contributed by atoms with Crippen LogP contribution in [0.5, 0.6) is 0 Å². The third kappa shape index (κ3) is 6.45. The molecule has 6 heteroatoms. The normalized spacial score (nSPS) is 11.8. The quantitative estimate of drug-likeness (QED) is 0.568. The molecule has 1 amide bonds. The molecule has 1 unspecified atom stereocenters. The van der Waals surface area contributed by atoms with Crippen molar-refractivity contribution >= 4 is 23.5 Å². The molecule has 0 fully saturated rings. The lowest BCUT2D eigenvalue weighted by atomic mass is 9.96. The number of carbonyl (C=O) groups excluding carboxylic acids is 2. The zero-order valence-electron chi connectivity index (χ0n) is 12.9. The first kappa shape index (κ1) is 18.5. The molecule has 0 aliphatic carbocycles. The fourth-order valence-electron chi connectivity index (χ4n) is 2.17. The van der Waals surface area contributed by atoms with E-state index < -0.39 is 6.10 Å². The molecule has 1 aromatic carbocycles. The number of aryl methyl sites for hydroxylation is 1. The summed E-state index contributed by atoms with van der Waals surface area (Å²) >= 11 is 5.99. The Balaban J connectivity index is 2.66. The van der Waals surface area contributed by atoms with Gasteiger partial charge in [0.2, 0.25) is 5.91 Å². The van der Waals surface area contributed by atoms with Gasteiger partial charge in [0, 0.05) is 24.9 Å². The Morgan fingerprint density at radius 3 is 2.77 bits per heavy atom. The van der Waals surface area contributed by atoms with Crippen molar-refractivity contribution < 1.29 is 19.4 Å². The Labute approximate surface area is 135 Å². The van der Waals surface area contributed by atoms with Crippen LogP contribution < -0.4 is 5.32 Å². The molecule has 0 spiro atoms. The van der Waals surface area contributed by atoms with Gasteiger partial charge in [-0.3, -0.25) is 9.59 Å². The Morgan fingerprint density at radius 1 is 1.41 bits per heavy atom. The minimum atomic E-state index is -0.654. The predicted molar refractivity (Wildman–Crippen MR) is 84.7 cm³/mol. The van der Waals surface area contributed by atoms with Gasteiger partial charge in [0.05, 0.1) is 13.2 Å². The number of hydrogen-bond acceptors (Lipinski definition) is 4. The van der Waals surface area contributed by atoms with Crippen molar-refractivity contribution in [1.82, 2.24) is 5.32 Å². The first-order chi connectivity index (χ1) is 10.4. The van der Waals surface area contributed by atoms with Gasteiger partial charge in [-0.2, -0.15) is 0 Å². The molecule has 122 valence electrons. The maximum Gasteiger partial charge on any atom is 0.305 e. The van der Waals surface area contributed by atoms with Gasteiger partial charge in [0.25, 0.3) is 0 Å². The van der Waals surface area contributed by atoms with E-state index in [0.717, 1.165) is 11.1 Å². The largest absolute Gasteiger partial charge is 0.469 e. The zero-order chi connectivity index (χ0) is 16.5. The number of methoxy groups -OCH3 is 1. The molecule has 22 heavy (non-hydrogen) atoms. The second-order valence-electron chi connectivity index (χ2n) is 5.06. The molecule has 0 aliphatic heterocycles. The lowest BCUT2D eigenvalue weighted by Gasteiger charge is -2.16. The van der Waals surface area contributed by atoms with Crippen molar-refractivity contribution in [3.05, 3.63) is 34.3 Å². The van der Waals surface area contributed by atoms with Gasteiger partial charge in [-0.15, -0.1) is 0 Å². The van der Waals surface area contributed by atoms with Crippen LogP contribution in [0.1, 0.15) is 43.4 Å². The number of nitrogens with one attached hydrogen (secondary N) is 1. The summed E-state index contributed by atoms with van der Waals surface area (Å²) in [5, 5.41) is 13.6. The predicted octanol–water partition coefficient (Wildman–Crippen LogP) is 2.40. The average molecular weight is 328 g/mol. The highest BCUT2D eigenvalue weighted by Gasteiger charge is 2.14. The number of rotatable bonds is 8. The van der Waals surface area contributed by atoms with Crippen molar-refractivity contribution in [3.63, 3.8) is 0 Å². The van der Waals surface area contributed by atoms with Crippen LogP contribution in [0.3, 0.4) is 0 Å². The summed E-state index contributed by atoms with van der Waals surface area (Å²) in [4.78, 5) is 22.1. The first-order valence-corrected chi connectivity index (χ1v) is 7.59. The Kier molecular flexibility index (Phi) is 7.91. The summed E-state index contributed by atoms with van der Waals surface area (Å²) in [6.45, 7) is 1.98. The van der Waals surface area contributed by atoms with Crippen LogP contribution in [-0.4, -0.2) is 30.6 Å². The van der Waals surface area contributed by atoms with Crippen LogP contribution in [0.25, 0.3) is 0 Å². The third-order valence-corrected chi connectivity index (χ3v) is 3.55. The number of halogens is 1. The second-order valence-corrected chi connectivity index (χ2v) is 5.50. The number of ether oxygens (including phenoxy) is 1. The summed E-state index contributed by atoms with van der Waals surface area (Å²) in [6, 6.07) is 5.25. The number of benzene rings is 1. The van der Waals surface area contributed by atoms with Crippen molar-refractivity contribution in [2.24, 2.45) is 0 Å². The highest BCUT2D eigenvalue weighted by molar-refractivity contribution is 6.30. The van der Waals surface area contributed by atoms with Crippen molar-refractivity contribution in [2.45, 2.75) is 38.7 Å². The van der Waals surface area contributed by atoms with E-state index in [9.17, 15) is 14.7 Å². The third-order valence-electron chi connectivity index (χ3n) is 3.32. The highest BCUT2D eigenvalue weighted by atomic mass is 35.5. The molecule has 2 N–H and O–H groups in total.